The minimum atomic E-state index is 0.0200. The number of benzene rings is 2. The van der Waals surface area contributed by atoms with Gasteiger partial charge in [0.05, 0.1) is 26.8 Å². The molecule has 0 fully saturated rings. The summed E-state index contributed by atoms with van der Waals surface area (Å²) in [5.74, 6) is 1.70. The fourth-order valence-electron chi connectivity index (χ4n) is 2.71. The van der Waals surface area contributed by atoms with E-state index < -0.39 is 0 Å². The second kappa shape index (κ2) is 10.5. The molecule has 0 aromatic heterocycles. The van der Waals surface area contributed by atoms with Gasteiger partial charge in [0, 0.05) is 12.1 Å². The zero-order valence-electron chi connectivity index (χ0n) is 15.9. The third kappa shape index (κ3) is 6.76. The molecule has 0 aliphatic rings. The highest BCUT2D eigenvalue weighted by atomic mass is 16.5. The monoisotopic (exact) mass is 357 g/mol. The zero-order chi connectivity index (χ0) is 18.8. The van der Waals surface area contributed by atoms with Gasteiger partial charge in [0.1, 0.15) is 11.5 Å². The van der Waals surface area contributed by atoms with E-state index in [1.165, 1.54) is 10.5 Å². The maximum atomic E-state index is 12.2. The number of hydrogen-bond donors (Lipinski definition) is 2. The molecule has 0 saturated heterocycles. The molecule has 2 aromatic rings. The van der Waals surface area contributed by atoms with E-state index in [1.807, 2.05) is 42.5 Å². The molecule has 26 heavy (non-hydrogen) atoms. The normalized spacial score (nSPS) is 11.7. The van der Waals surface area contributed by atoms with Gasteiger partial charge in [-0.25, -0.2) is 0 Å². The van der Waals surface area contributed by atoms with E-state index in [0.29, 0.717) is 13.2 Å². The summed E-state index contributed by atoms with van der Waals surface area (Å²) < 4.78 is 10.9. The van der Waals surface area contributed by atoms with Crippen molar-refractivity contribution in [2.75, 3.05) is 38.7 Å². The van der Waals surface area contributed by atoms with E-state index in [1.54, 1.807) is 7.11 Å². The molecule has 0 aliphatic carbocycles. The first-order valence-electron chi connectivity index (χ1n) is 9.07. The summed E-state index contributed by atoms with van der Waals surface area (Å²) in [6.07, 6.45) is 0.910. The van der Waals surface area contributed by atoms with Gasteiger partial charge in [-0.15, -0.1) is 0 Å². The van der Waals surface area contributed by atoms with E-state index >= 15 is 0 Å². The molecule has 2 rings (SSSR count). The van der Waals surface area contributed by atoms with Crippen LogP contribution in [-0.2, 0) is 4.79 Å². The topological polar surface area (TPSA) is 52.0 Å². The standard InChI is InChI=1S/C21H28N2O3/c1-4-23(13-6-14-26-20-8-5-7-17(2)15-20)16-21(24)22-18-9-11-19(25-3)12-10-18/h5,7-12,15H,4,6,13-14,16H2,1-3H3,(H,22,24)/p+1. The first-order chi connectivity index (χ1) is 12.6. The molecular formula is C21H29N2O3+. The summed E-state index contributed by atoms with van der Waals surface area (Å²) >= 11 is 0. The molecule has 0 bridgehead atoms. The van der Waals surface area contributed by atoms with E-state index in [9.17, 15) is 4.79 Å². The van der Waals surface area contributed by atoms with Crippen LogP contribution in [0.1, 0.15) is 18.9 Å². The number of carbonyl (C=O) groups is 1. The summed E-state index contributed by atoms with van der Waals surface area (Å²) in [6, 6.07) is 15.4. The number of rotatable bonds is 10. The van der Waals surface area contributed by atoms with E-state index in [-0.39, 0.29) is 5.91 Å². The second-order valence-electron chi connectivity index (χ2n) is 6.33. The number of likely N-dealkylation sites (N-methyl/N-ethyl adjacent to an activating group) is 1. The molecule has 0 saturated carbocycles. The molecule has 0 spiro atoms. The Balaban J connectivity index is 1.71. The molecule has 1 unspecified atom stereocenters. The van der Waals surface area contributed by atoms with Gasteiger partial charge >= 0.3 is 0 Å². The number of methoxy groups -OCH3 is 1. The second-order valence-corrected chi connectivity index (χ2v) is 6.33. The molecule has 5 heteroatoms. The van der Waals surface area contributed by atoms with Crippen molar-refractivity contribution < 1.29 is 19.2 Å². The molecule has 1 atom stereocenters. The van der Waals surface area contributed by atoms with Gasteiger partial charge in [0.15, 0.2) is 6.54 Å². The Morgan fingerprint density at radius 3 is 2.54 bits per heavy atom. The van der Waals surface area contributed by atoms with Crippen molar-refractivity contribution >= 4 is 11.6 Å². The van der Waals surface area contributed by atoms with Gasteiger partial charge in [-0.05, 0) is 55.8 Å². The van der Waals surface area contributed by atoms with Crippen molar-refractivity contribution in [3.63, 3.8) is 0 Å². The predicted octanol–water partition coefficient (Wildman–Crippen LogP) is 2.32. The zero-order valence-corrected chi connectivity index (χ0v) is 15.9. The van der Waals surface area contributed by atoms with Crippen molar-refractivity contribution in [2.45, 2.75) is 20.3 Å². The molecule has 2 N–H and O–H groups in total. The van der Waals surface area contributed by atoms with Crippen LogP contribution in [0.5, 0.6) is 11.5 Å². The van der Waals surface area contributed by atoms with Gasteiger partial charge in [-0.1, -0.05) is 12.1 Å². The molecule has 0 heterocycles. The highest BCUT2D eigenvalue weighted by molar-refractivity contribution is 5.91. The predicted molar refractivity (Wildman–Crippen MR) is 104 cm³/mol. The van der Waals surface area contributed by atoms with E-state index in [4.69, 9.17) is 9.47 Å². The van der Waals surface area contributed by atoms with Crippen LogP contribution in [0, 0.1) is 6.92 Å². The third-order valence-corrected chi connectivity index (χ3v) is 4.22. The van der Waals surface area contributed by atoms with Crippen molar-refractivity contribution in [3.05, 3.63) is 54.1 Å². The lowest BCUT2D eigenvalue weighted by Crippen LogP contribution is -3.12. The minimum Gasteiger partial charge on any atom is -0.497 e. The highest BCUT2D eigenvalue weighted by Gasteiger charge is 2.12. The van der Waals surface area contributed by atoms with Crippen molar-refractivity contribution in [1.29, 1.82) is 0 Å². The molecule has 1 amide bonds. The Hall–Kier alpha value is -2.53. The number of amides is 1. The van der Waals surface area contributed by atoms with Crippen LogP contribution in [0.15, 0.2) is 48.5 Å². The summed E-state index contributed by atoms with van der Waals surface area (Å²) in [5, 5.41) is 2.93. The van der Waals surface area contributed by atoms with Crippen LogP contribution < -0.4 is 19.7 Å². The third-order valence-electron chi connectivity index (χ3n) is 4.22. The number of nitrogens with one attached hydrogen (secondary N) is 2. The fourth-order valence-corrected chi connectivity index (χ4v) is 2.71. The van der Waals surface area contributed by atoms with E-state index in [0.717, 1.165) is 36.7 Å². The van der Waals surface area contributed by atoms with Crippen molar-refractivity contribution in [3.8, 4) is 11.5 Å². The Morgan fingerprint density at radius 2 is 1.88 bits per heavy atom. The Labute approximate surface area is 155 Å². The average molecular weight is 357 g/mol. The van der Waals surface area contributed by atoms with Crippen molar-refractivity contribution in [2.24, 2.45) is 0 Å². The first-order valence-corrected chi connectivity index (χ1v) is 9.07. The number of quaternary nitrogens is 1. The van der Waals surface area contributed by atoms with E-state index in [2.05, 4.69) is 25.2 Å². The number of aryl methyl sites for hydroxylation is 1. The van der Waals surface area contributed by atoms with Crippen LogP contribution in [0.25, 0.3) is 0 Å². The Bertz CT molecular complexity index is 686. The quantitative estimate of drug-likeness (QED) is 0.642. The maximum Gasteiger partial charge on any atom is 0.279 e. The van der Waals surface area contributed by atoms with Crippen LogP contribution in [0.4, 0.5) is 5.69 Å². The van der Waals surface area contributed by atoms with Gasteiger partial charge in [0.25, 0.3) is 5.91 Å². The van der Waals surface area contributed by atoms with Gasteiger partial charge in [-0.2, -0.15) is 0 Å². The maximum absolute atomic E-state index is 12.2. The number of anilines is 1. The Morgan fingerprint density at radius 1 is 1.12 bits per heavy atom. The summed E-state index contributed by atoms with van der Waals surface area (Å²) in [5.41, 5.74) is 1.98. The first kappa shape index (κ1) is 19.8. The van der Waals surface area contributed by atoms with Crippen LogP contribution in [0.3, 0.4) is 0 Å². The molecule has 0 aliphatic heterocycles. The lowest BCUT2D eigenvalue weighted by molar-refractivity contribution is -0.890. The van der Waals surface area contributed by atoms with Crippen molar-refractivity contribution in [1.82, 2.24) is 0 Å². The molecule has 140 valence electrons. The lowest BCUT2D eigenvalue weighted by atomic mass is 10.2. The smallest absolute Gasteiger partial charge is 0.279 e. The summed E-state index contributed by atoms with van der Waals surface area (Å²) in [6.45, 7) is 7.06. The Kier molecular flexibility index (Phi) is 7.96. The summed E-state index contributed by atoms with van der Waals surface area (Å²) in [7, 11) is 1.62. The van der Waals surface area contributed by atoms with Crippen LogP contribution >= 0.6 is 0 Å². The van der Waals surface area contributed by atoms with Crippen LogP contribution in [-0.4, -0.2) is 39.3 Å². The lowest BCUT2D eigenvalue weighted by Gasteiger charge is -2.17. The summed E-state index contributed by atoms with van der Waals surface area (Å²) in [4.78, 5) is 13.5. The average Bonchev–Trinajstić information content (AvgIpc) is 2.65. The highest BCUT2D eigenvalue weighted by Crippen LogP contribution is 2.14. The molecule has 5 nitrogen and oxygen atoms in total. The van der Waals surface area contributed by atoms with Gasteiger partial charge in [0.2, 0.25) is 0 Å². The van der Waals surface area contributed by atoms with Gasteiger partial charge in [-0.3, -0.25) is 4.79 Å². The number of ether oxygens (including phenoxy) is 2. The number of carbonyl (C=O) groups excluding carboxylic acids is 1. The fraction of sp³-hybridized carbons (Fsp3) is 0.381. The van der Waals surface area contributed by atoms with Crippen LogP contribution in [0.2, 0.25) is 0 Å². The molecule has 2 aromatic carbocycles. The number of hydrogen-bond acceptors (Lipinski definition) is 3. The minimum absolute atomic E-state index is 0.0200. The molecule has 0 radical (unpaired) electrons. The SMILES string of the molecule is CC[NH+](CCCOc1cccc(C)c1)CC(=O)Nc1ccc(OC)cc1. The molecular weight excluding hydrogens is 328 g/mol. The largest absolute Gasteiger partial charge is 0.497 e. The van der Waals surface area contributed by atoms with Gasteiger partial charge < -0.3 is 19.7 Å².